The fourth-order valence-electron chi connectivity index (χ4n) is 2.04. The molecule has 76 valence electrons. The molecule has 0 aromatic heterocycles. The van der Waals surface area contributed by atoms with Crippen molar-refractivity contribution < 1.29 is 0 Å². The van der Waals surface area contributed by atoms with Crippen LogP contribution in [0.1, 0.15) is 42.9 Å². The monoisotopic (exact) mass is 189 g/mol. The third-order valence-electron chi connectivity index (χ3n) is 3.30. The minimum absolute atomic E-state index is 0.704. The maximum atomic E-state index is 3.40. The zero-order chi connectivity index (χ0) is 9.97. The summed E-state index contributed by atoms with van der Waals surface area (Å²) in [5, 5.41) is 3.40. The first kappa shape index (κ1) is 9.72. The fraction of sp³-hybridized carbons (Fsp3) is 0.538. The summed E-state index contributed by atoms with van der Waals surface area (Å²) in [5.74, 6) is 0.704. The summed E-state index contributed by atoms with van der Waals surface area (Å²) in [7, 11) is 0. The van der Waals surface area contributed by atoms with Crippen molar-refractivity contribution in [3.63, 3.8) is 0 Å². The molecule has 1 atom stereocenters. The van der Waals surface area contributed by atoms with Crippen LogP contribution in [0.2, 0.25) is 0 Å². The summed E-state index contributed by atoms with van der Waals surface area (Å²) in [4.78, 5) is 0. The van der Waals surface area contributed by atoms with E-state index in [9.17, 15) is 0 Å². The van der Waals surface area contributed by atoms with Gasteiger partial charge in [0.25, 0.3) is 0 Å². The van der Waals surface area contributed by atoms with Crippen molar-refractivity contribution in [1.29, 1.82) is 0 Å². The van der Waals surface area contributed by atoms with Crippen LogP contribution in [0.25, 0.3) is 0 Å². The van der Waals surface area contributed by atoms with Crippen molar-refractivity contribution in [3.8, 4) is 0 Å². The van der Waals surface area contributed by atoms with Gasteiger partial charge in [0.2, 0.25) is 0 Å². The largest absolute Gasteiger partial charge is 0.312 e. The van der Waals surface area contributed by atoms with Gasteiger partial charge in [0.1, 0.15) is 0 Å². The van der Waals surface area contributed by atoms with E-state index in [-0.39, 0.29) is 0 Å². The molecular formula is C13H19N. The van der Waals surface area contributed by atoms with Crippen molar-refractivity contribution >= 4 is 0 Å². The second-order valence-electron chi connectivity index (χ2n) is 4.26. The standard InChI is InChI=1S/C13H19N/c1-3-10(2)11-4-5-13-9-14-7-6-12(13)8-11/h4-5,8,10,14H,3,6-7,9H2,1-2H3. The number of benzene rings is 1. The number of hydrogen-bond acceptors (Lipinski definition) is 1. The molecule has 0 radical (unpaired) electrons. The molecule has 0 saturated carbocycles. The third kappa shape index (κ3) is 1.83. The molecule has 1 aliphatic rings. The topological polar surface area (TPSA) is 12.0 Å². The quantitative estimate of drug-likeness (QED) is 0.754. The molecule has 1 aromatic carbocycles. The average molecular weight is 189 g/mol. The van der Waals surface area contributed by atoms with E-state index >= 15 is 0 Å². The first-order valence-corrected chi connectivity index (χ1v) is 5.63. The normalized spacial score (nSPS) is 17.6. The van der Waals surface area contributed by atoms with E-state index in [1.807, 2.05) is 0 Å². The fourth-order valence-corrected chi connectivity index (χ4v) is 2.04. The molecule has 1 unspecified atom stereocenters. The number of nitrogens with one attached hydrogen (secondary N) is 1. The summed E-state index contributed by atoms with van der Waals surface area (Å²) in [6.07, 6.45) is 2.43. The Morgan fingerprint density at radius 2 is 2.21 bits per heavy atom. The highest BCUT2D eigenvalue weighted by Gasteiger charge is 2.10. The molecule has 2 rings (SSSR count). The molecule has 0 aliphatic carbocycles. The molecule has 0 spiro atoms. The zero-order valence-corrected chi connectivity index (χ0v) is 9.14. The van der Waals surface area contributed by atoms with Gasteiger partial charge in [0.15, 0.2) is 0 Å². The van der Waals surface area contributed by atoms with Gasteiger partial charge >= 0.3 is 0 Å². The van der Waals surface area contributed by atoms with Crippen LogP contribution in [-0.4, -0.2) is 6.54 Å². The number of hydrogen-bond donors (Lipinski definition) is 1. The van der Waals surface area contributed by atoms with Crippen LogP contribution in [0.15, 0.2) is 18.2 Å². The molecule has 0 bridgehead atoms. The molecule has 1 aliphatic heterocycles. The van der Waals surface area contributed by atoms with E-state index in [4.69, 9.17) is 0 Å². The lowest BCUT2D eigenvalue weighted by Crippen LogP contribution is -2.23. The Morgan fingerprint density at radius 3 is 3.00 bits per heavy atom. The SMILES string of the molecule is CCC(C)c1ccc2c(c1)CCNC2. The molecule has 0 saturated heterocycles. The Labute approximate surface area is 86.5 Å². The molecule has 1 aromatic rings. The van der Waals surface area contributed by atoms with Gasteiger partial charge in [-0.05, 0) is 42.0 Å². The predicted octanol–water partition coefficient (Wildman–Crippen LogP) is 2.85. The summed E-state index contributed by atoms with van der Waals surface area (Å²) < 4.78 is 0. The van der Waals surface area contributed by atoms with E-state index in [1.165, 1.54) is 24.0 Å². The Kier molecular flexibility index (Phi) is 2.87. The smallest absolute Gasteiger partial charge is 0.0208 e. The van der Waals surface area contributed by atoms with Gasteiger partial charge < -0.3 is 5.32 Å². The maximum absolute atomic E-state index is 3.40. The minimum atomic E-state index is 0.704. The Balaban J connectivity index is 2.29. The van der Waals surface area contributed by atoms with Crippen LogP contribution in [0, 0.1) is 0 Å². The van der Waals surface area contributed by atoms with Gasteiger partial charge in [-0.2, -0.15) is 0 Å². The zero-order valence-electron chi connectivity index (χ0n) is 9.14. The van der Waals surface area contributed by atoms with Gasteiger partial charge in [0, 0.05) is 6.54 Å². The molecule has 1 nitrogen and oxygen atoms in total. The van der Waals surface area contributed by atoms with Gasteiger partial charge in [-0.3, -0.25) is 0 Å². The van der Waals surface area contributed by atoms with Crippen LogP contribution in [0.5, 0.6) is 0 Å². The molecule has 1 heterocycles. The highest BCUT2D eigenvalue weighted by molar-refractivity contribution is 5.35. The number of rotatable bonds is 2. The first-order chi connectivity index (χ1) is 6.81. The van der Waals surface area contributed by atoms with E-state index in [0.29, 0.717) is 5.92 Å². The molecule has 14 heavy (non-hydrogen) atoms. The maximum Gasteiger partial charge on any atom is 0.0208 e. The van der Waals surface area contributed by atoms with E-state index in [0.717, 1.165) is 13.1 Å². The van der Waals surface area contributed by atoms with Gasteiger partial charge in [-0.1, -0.05) is 32.0 Å². The third-order valence-corrected chi connectivity index (χ3v) is 3.30. The van der Waals surface area contributed by atoms with Crippen molar-refractivity contribution in [2.24, 2.45) is 0 Å². The summed E-state index contributed by atoms with van der Waals surface area (Å²) >= 11 is 0. The molecular weight excluding hydrogens is 170 g/mol. The summed E-state index contributed by atoms with van der Waals surface area (Å²) in [5.41, 5.74) is 4.55. The van der Waals surface area contributed by atoms with E-state index < -0.39 is 0 Å². The first-order valence-electron chi connectivity index (χ1n) is 5.63. The van der Waals surface area contributed by atoms with Crippen molar-refractivity contribution in [1.82, 2.24) is 5.32 Å². The van der Waals surface area contributed by atoms with Crippen LogP contribution >= 0.6 is 0 Å². The molecule has 1 N–H and O–H groups in total. The van der Waals surface area contributed by atoms with Crippen LogP contribution in [-0.2, 0) is 13.0 Å². The second-order valence-corrected chi connectivity index (χ2v) is 4.26. The predicted molar refractivity (Wildman–Crippen MR) is 60.6 cm³/mol. The Morgan fingerprint density at radius 1 is 1.36 bits per heavy atom. The molecule has 0 fully saturated rings. The van der Waals surface area contributed by atoms with Crippen molar-refractivity contribution in [3.05, 3.63) is 34.9 Å². The lowest BCUT2D eigenvalue weighted by atomic mass is 9.92. The van der Waals surface area contributed by atoms with Gasteiger partial charge in [-0.25, -0.2) is 0 Å². The van der Waals surface area contributed by atoms with Crippen LogP contribution in [0.4, 0.5) is 0 Å². The number of fused-ring (bicyclic) bond motifs is 1. The highest BCUT2D eigenvalue weighted by Crippen LogP contribution is 2.23. The van der Waals surface area contributed by atoms with E-state index in [2.05, 4.69) is 37.4 Å². The second kappa shape index (κ2) is 4.14. The van der Waals surface area contributed by atoms with Crippen LogP contribution < -0.4 is 5.32 Å². The Bertz CT molecular complexity index is 317. The molecule has 1 heteroatoms. The lowest BCUT2D eigenvalue weighted by Gasteiger charge is -2.19. The van der Waals surface area contributed by atoms with Crippen molar-refractivity contribution in [2.75, 3.05) is 6.54 Å². The highest BCUT2D eigenvalue weighted by atomic mass is 14.9. The average Bonchev–Trinajstić information content (AvgIpc) is 2.27. The molecule has 0 amide bonds. The van der Waals surface area contributed by atoms with Gasteiger partial charge in [-0.15, -0.1) is 0 Å². The minimum Gasteiger partial charge on any atom is -0.312 e. The Hall–Kier alpha value is -0.820. The van der Waals surface area contributed by atoms with Crippen molar-refractivity contribution in [2.45, 2.75) is 39.2 Å². The summed E-state index contributed by atoms with van der Waals surface area (Å²) in [6.45, 7) is 6.75. The van der Waals surface area contributed by atoms with Gasteiger partial charge in [0.05, 0.1) is 0 Å². The lowest BCUT2D eigenvalue weighted by molar-refractivity contribution is 0.640. The van der Waals surface area contributed by atoms with E-state index in [1.54, 1.807) is 5.56 Å². The summed E-state index contributed by atoms with van der Waals surface area (Å²) in [6, 6.07) is 6.99. The van der Waals surface area contributed by atoms with Crippen LogP contribution in [0.3, 0.4) is 0 Å².